The van der Waals surface area contributed by atoms with Crippen molar-refractivity contribution in [2.45, 2.75) is 30.3 Å². The summed E-state index contributed by atoms with van der Waals surface area (Å²) in [6.45, 7) is 4.00. The Kier molecular flexibility index (Phi) is 13.7. The van der Waals surface area contributed by atoms with E-state index >= 15 is 0 Å². The van der Waals surface area contributed by atoms with Crippen LogP contribution in [0.1, 0.15) is 19.4 Å². The molecule has 7 rings (SSSR count). The average Bonchev–Trinajstić information content (AvgIpc) is 4.07. The molecule has 22 heteroatoms. The SMILES string of the molecule is CC.COc1ccc(C(F)(F)F)cc1-c1ccc(-c2nc(SC/C(=N/N)NN)n[nH]2)o1.N/N=C(\N)CSc1n[nH]c(-c2ccc(-c3ccc4[nH]ccc4c3)o2)n1. The van der Waals surface area contributed by atoms with E-state index in [9.17, 15) is 13.2 Å². The first kappa shape index (κ1) is 40.8. The Hall–Kier alpha value is -6.39. The van der Waals surface area contributed by atoms with E-state index in [1.54, 1.807) is 6.07 Å². The second-order valence-electron chi connectivity index (χ2n) is 10.9. The number of aromatic nitrogens is 7. The molecular weight excluding hydrogens is 774 g/mol. The van der Waals surface area contributed by atoms with Crippen molar-refractivity contribution < 1.29 is 26.7 Å². The van der Waals surface area contributed by atoms with Crippen molar-refractivity contribution in [1.29, 1.82) is 0 Å². The molecule has 0 aliphatic heterocycles. The zero-order valence-corrected chi connectivity index (χ0v) is 31.6. The van der Waals surface area contributed by atoms with E-state index in [0.29, 0.717) is 56.7 Å². The standard InChI is InChI=1S/C16H16F3N7O2S.C16H15N7OS.C2H6/c1-27-10-3-2-8(16(17,18)19)6-9(10)11-4-5-12(28-11)14-22-15(26-25-14)29-7-13(23-20)24-21;17-14(21-18)8-25-16-20-15(22-23-16)13-4-3-12(24-13)10-1-2-11-9(7-10)5-6-19-11;1-2/h2-6H,7,20-21H2,1H3,(H,23,24)(H,22,25,26);1-7,19H,8,18H2,(H2,17,21)(H,20,22,23);1-2H3. The summed E-state index contributed by atoms with van der Waals surface area (Å²) in [6, 6.07) is 18.2. The number of benzene rings is 2. The number of aromatic amines is 3. The summed E-state index contributed by atoms with van der Waals surface area (Å²) in [4.78, 5) is 11.8. The van der Waals surface area contributed by atoms with Gasteiger partial charge in [-0.2, -0.15) is 33.3 Å². The van der Waals surface area contributed by atoms with Crippen LogP contribution in [0.15, 0.2) is 102 Å². The van der Waals surface area contributed by atoms with Crippen molar-refractivity contribution in [1.82, 2.24) is 40.8 Å². The molecule has 0 radical (unpaired) electrons. The number of amidine groups is 2. The fourth-order valence-electron chi connectivity index (χ4n) is 4.78. The maximum Gasteiger partial charge on any atom is 0.416 e. The number of nitrogens with zero attached hydrogens (tertiary/aromatic N) is 6. The number of rotatable bonds is 11. The lowest BCUT2D eigenvalue weighted by Crippen LogP contribution is -2.33. The van der Waals surface area contributed by atoms with Gasteiger partial charge >= 0.3 is 6.18 Å². The van der Waals surface area contributed by atoms with Crippen LogP contribution in [0, 0.1) is 0 Å². The van der Waals surface area contributed by atoms with Gasteiger partial charge in [0.1, 0.15) is 28.9 Å². The summed E-state index contributed by atoms with van der Waals surface area (Å²) in [6.07, 6.45) is -2.57. The highest BCUT2D eigenvalue weighted by atomic mass is 32.2. The maximum atomic E-state index is 13.0. The zero-order valence-electron chi connectivity index (χ0n) is 30.0. The van der Waals surface area contributed by atoms with Crippen LogP contribution >= 0.6 is 23.5 Å². The molecule has 56 heavy (non-hydrogen) atoms. The molecule has 0 atom stereocenters. The third-order valence-corrected chi connectivity index (χ3v) is 9.15. The summed E-state index contributed by atoms with van der Waals surface area (Å²) < 4.78 is 55.9. The van der Waals surface area contributed by atoms with Gasteiger partial charge in [0.05, 0.1) is 29.7 Å². The quantitative estimate of drug-likeness (QED) is 0.0239. The first-order valence-electron chi connectivity index (χ1n) is 16.5. The van der Waals surface area contributed by atoms with Crippen LogP contribution in [0.2, 0.25) is 0 Å². The van der Waals surface area contributed by atoms with E-state index in [1.807, 2.05) is 50.4 Å². The van der Waals surface area contributed by atoms with Gasteiger partial charge < -0.3 is 41.4 Å². The van der Waals surface area contributed by atoms with E-state index in [1.165, 1.54) is 42.8 Å². The van der Waals surface area contributed by atoms with Gasteiger partial charge in [-0.25, -0.2) is 5.84 Å². The largest absolute Gasteiger partial charge is 0.496 e. The van der Waals surface area contributed by atoms with Crippen molar-refractivity contribution in [3.05, 3.63) is 78.5 Å². The Bertz CT molecular complexity index is 2400. The molecule has 0 bridgehead atoms. The Morgan fingerprint density at radius 3 is 2.05 bits per heavy atom. The first-order chi connectivity index (χ1) is 27.1. The predicted molar refractivity (Wildman–Crippen MR) is 210 cm³/mol. The molecule has 0 aliphatic carbocycles. The van der Waals surface area contributed by atoms with Gasteiger partial charge in [0, 0.05) is 22.7 Å². The minimum Gasteiger partial charge on any atom is -0.496 e. The molecule has 12 N–H and O–H groups in total. The summed E-state index contributed by atoms with van der Waals surface area (Å²) in [5, 5.41) is 22.6. The van der Waals surface area contributed by atoms with Crippen molar-refractivity contribution in [3.8, 4) is 51.6 Å². The van der Waals surface area contributed by atoms with E-state index in [-0.39, 0.29) is 17.1 Å². The molecular formula is C34H37F3N14O3S2. The zero-order chi connectivity index (χ0) is 40.2. The van der Waals surface area contributed by atoms with Crippen LogP contribution in [0.25, 0.3) is 56.7 Å². The second-order valence-corrected chi connectivity index (χ2v) is 12.8. The van der Waals surface area contributed by atoms with Gasteiger partial charge in [0.15, 0.2) is 23.2 Å². The molecule has 7 aromatic rings. The van der Waals surface area contributed by atoms with Crippen LogP contribution in [-0.4, -0.2) is 65.6 Å². The molecule has 0 saturated heterocycles. The Morgan fingerprint density at radius 2 is 1.45 bits per heavy atom. The summed E-state index contributed by atoms with van der Waals surface area (Å²) in [7, 11) is 1.37. The number of halogens is 3. The second kappa shape index (κ2) is 18.8. The summed E-state index contributed by atoms with van der Waals surface area (Å²) in [5.41, 5.74) is 9.34. The highest BCUT2D eigenvalue weighted by Crippen LogP contribution is 2.39. The highest BCUT2D eigenvalue weighted by Gasteiger charge is 2.31. The number of thioether (sulfide) groups is 2. The number of hydrogen-bond donors (Lipinski definition) is 8. The fourth-order valence-corrected chi connectivity index (χ4v) is 6.09. The molecule has 5 aromatic heterocycles. The Morgan fingerprint density at radius 1 is 0.821 bits per heavy atom. The van der Waals surface area contributed by atoms with Crippen LogP contribution in [-0.2, 0) is 6.18 Å². The number of fused-ring (bicyclic) bond motifs is 1. The molecule has 5 heterocycles. The number of nitrogens with one attached hydrogen (secondary N) is 4. The van der Waals surface area contributed by atoms with Gasteiger partial charge in [-0.1, -0.05) is 37.4 Å². The highest BCUT2D eigenvalue weighted by molar-refractivity contribution is 8.00. The van der Waals surface area contributed by atoms with Gasteiger partial charge in [0.2, 0.25) is 10.3 Å². The van der Waals surface area contributed by atoms with Gasteiger partial charge in [0.25, 0.3) is 0 Å². The number of ether oxygens (including phenoxy) is 1. The van der Waals surface area contributed by atoms with Crippen LogP contribution in [0.3, 0.4) is 0 Å². The number of H-pyrrole nitrogens is 3. The molecule has 0 saturated carbocycles. The van der Waals surface area contributed by atoms with E-state index < -0.39 is 11.7 Å². The van der Waals surface area contributed by atoms with Crippen molar-refractivity contribution in [3.63, 3.8) is 0 Å². The number of hydrogen-bond acceptors (Lipinski definition) is 14. The normalized spacial score (nSPS) is 11.8. The fraction of sp³-hybridized carbons (Fsp3) is 0.176. The van der Waals surface area contributed by atoms with Crippen molar-refractivity contribution in [2.75, 3.05) is 18.6 Å². The average molecular weight is 811 g/mol. The van der Waals surface area contributed by atoms with Gasteiger partial charge in [-0.05, 0) is 66.7 Å². The minimum atomic E-state index is -4.49. The molecule has 0 fully saturated rings. The molecule has 0 amide bonds. The predicted octanol–water partition coefficient (Wildman–Crippen LogP) is 6.15. The molecule has 0 aliphatic rings. The van der Waals surface area contributed by atoms with Gasteiger partial charge in [-0.15, -0.1) is 10.2 Å². The van der Waals surface area contributed by atoms with Crippen molar-refractivity contribution >= 4 is 46.1 Å². The van der Waals surface area contributed by atoms with Gasteiger partial charge in [-0.3, -0.25) is 10.2 Å². The number of nitrogens with two attached hydrogens (primary N) is 4. The Balaban J connectivity index is 0.000000207. The number of hydrazone groups is 2. The number of hydrazine groups is 1. The molecule has 0 unspecified atom stereocenters. The summed E-state index contributed by atoms with van der Waals surface area (Å²) in [5.74, 6) is 19.9. The summed E-state index contributed by atoms with van der Waals surface area (Å²) >= 11 is 2.55. The number of methoxy groups -OCH3 is 1. The smallest absolute Gasteiger partial charge is 0.416 e. The number of alkyl halides is 3. The maximum absolute atomic E-state index is 13.0. The van der Waals surface area contributed by atoms with Crippen LogP contribution in [0.4, 0.5) is 13.2 Å². The van der Waals surface area contributed by atoms with E-state index in [4.69, 9.17) is 36.8 Å². The third kappa shape index (κ3) is 10.0. The lowest BCUT2D eigenvalue weighted by molar-refractivity contribution is -0.137. The minimum absolute atomic E-state index is 0.167. The van der Waals surface area contributed by atoms with Crippen LogP contribution < -0.4 is 33.4 Å². The molecule has 294 valence electrons. The third-order valence-electron chi connectivity index (χ3n) is 7.41. The lowest BCUT2D eigenvalue weighted by atomic mass is 10.1. The van der Waals surface area contributed by atoms with Crippen LogP contribution in [0.5, 0.6) is 5.75 Å². The molecule has 0 spiro atoms. The van der Waals surface area contributed by atoms with E-state index in [2.05, 4.69) is 57.0 Å². The Labute approximate surface area is 325 Å². The number of furan rings is 2. The molecule has 2 aromatic carbocycles. The monoisotopic (exact) mass is 810 g/mol. The first-order valence-corrected chi connectivity index (χ1v) is 18.4. The topological polar surface area (TPSA) is 275 Å². The van der Waals surface area contributed by atoms with Crippen molar-refractivity contribution in [2.24, 2.45) is 33.5 Å². The lowest BCUT2D eigenvalue weighted by Gasteiger charge is -2.11. The van der Waals surface area contributed by atoms with E-state index in [0.717, 1.165) is 34.4 Å². The molecule has 17 nitrogen and oxygen atoms in total.